The summed E-state index contributed by atoms with van der Waals surface area (Å²) in [6.45, 7) is 0.470. The second-order valence-corrected chi connectivity index (χ2v) is 5.17. The molecule has 1 aliphatic rings. The summed E-state index contributed by atoms with van der Waals surface area (Å²) in [5, 5.41) is 2.77. The molecule has 3 rings (SSSR count). The predicted octanol–water partition coefficient (Wildman–Crippen LogP) is 1.38. The molecule has 6 heteroatoms. The first-order chi connectivity index (χ1) is 11.2. The minimum absolute atomic E-state index is 0.0502. The second-order valence-electron chi connectivity index (χ2n) is 5.17. The first-order valence-electron chi connectivity index (χ1n) is 7.28. The van der Waals surface area contributed by atoms with Gasteiger partial charge in [0.15, 0.2) is 0 Å². The van der Waals surface area contributed by atoms with Crippen LogP contribution in [-0.4, -0.2) is 34.2 Å². The third kappa shape index (κ3) is 3.11. The molecule has 1 aromatic carbocycles. The summed E-state index contributed by atoms with van der Waals surface area (Å²) in [7, 11) is 0. The molecule has 6 nitrogen and oxygen atoms in total. The first-order valence-corrected chi connectivity index (χ1v) is 7.28. The third-order valence-electron chi connectivity index (χ3n) is 3.63. The fourth-order valence-corrected chi connectivity index (χ4v) is 2.42. The molecule has 23 heavy (non-hydrogen) atoms. The van der Waals surface area contributed by atoms with Crippen LogP contribution >= 0.6 is 0 Å². The molecule has 0 spiro atoms. The summed E-state index contributed by atoms with van der Waals surface area (Å²) in [5.74, 6) is -1.05. The van der Waals surface area contributed by atoms with Crippen molar-refractivity contribution in [1.82, 2.24) is 15.2 Å². The SMILES string of the molecule is O=C(CCN1C(=O)c2cccnc2C1=O)NCc1ccccc1. The zero-order chi connectivity index (χ0) is 16.2. The molecule has 1 aliphatic heterocycles. The van der Waals surface area contributed by atoms with Gasteiger partial charge >= 0.3 is 0 Å². The third-order valence-corrected chi connectivity index (χ3v) is 3.63. The number of nitrogens with zero attached hydrogens (tertiary/aromatic N) is 2. The summed E-state index contributed by atoms with van der Waals surface area (Å²) < 4.78 is 0. The lowest BCUT2D eigenvalue weighted by atomic mass is 10.2. The second kappa shape index (κ2) is 6.39. The van der Waals surface area contributed by atoms with E-state index >= 15 is 0 Å². The van der Waals surface area contributed by atoms with Gasteiger partial charge in [-0.2, -0.15) is 0 Å². The Morgan fingerprint density at radius 2 is 1.83 bits per heavy atom. The van der Waals surface area contributed by atoms with Crippen LogP contribution in [0.2, 0.25) is 0 Å². The van der Waals surface area contributed by atoms with Gasteiger partial charge in [0.25, 0.3) is 11.8 Å². The molecule has 116 valence electrons. The van der Waals surface area contributed by atoms with Crippen LogP contribution in [0.4, 0.5) is 0 Å². The molecule has 3 amide bonds. The van der Waals surface area contributed by atoms with E-state index in [1.807, 2.05) is 30.3 Å². The van der Waals surface area contributed by atoms with Crippen LogP contribution in [0.1, 0.15) is 32.8 Å². The van der Waals surface area contributed by atoms with Crippen molar-refractivity contribution >= 4 is 17.7 Å². The standard InChI is InChI=1S/C17H15N3O3/c21-14(19-11-12-5-2-1-3-6-12)8-10-20-16(22)13-7-4-9-18-15(13)17(20)23/h1-7,9H,8,10-11H2,(H,19,21). The van der Waals surface area contributed by atoms with Crippen molar-refractivity contribution in [3.63, 3.8) is 0 Å². The number of aromatic nitrogens is 1. The van der Waals surface area contributed by atoms with Crippen molar-refractivity contribution in [2.45, 2.75) is 13.0 Å². The maximum atomic E-state index is 12.1. The van der Waals surface area contributed by atoms with Gasteiger partial charge in [-0.1, -0.05) is 30.3 Å². The molecule has 0 radical (unpaired) electrons. The molecule has 0 atom stereocenters. The average Bonchev–Trinajstić information content (AvgIpc) is 2.83. The number of benzene rings is 1. The number of carbonyl (C=O) groups is 3. The molecular weight excluding hydrogens is 294 g/mol. The number of fused-ring (bicyclic) bond motifs is 1. The van der Waals surface area contributed by atoms with Crippen LogP contribution in [-0.2, 0) is 11.3 Å². The van der Waals surface area contributed by atoms with E-state index in [0.717, 1.165) is 10.5 Å². The summed E-state index contributed by atoms with van der Waals surface area (Å²) in [6.07, 6.45) is 1.54. The molecule has 1 N–H and O–H groups in total. The molecule has 1 aromatic heterocycles. The minimum Gasteiger partial charge on any atom is -0.352 e. The normalized spacial score (nSPS) is 13.1. The minimum atomic E-state index is -0.443. The van der Waals surface area contributed by atoms with Crippen LogP contribution < -0.4 is 5.32 Å². The van der Waals surface area contributed by atoms with Crippen molar-refractivity contribution in [3.05, 3.63) is 65.5 Å². The van der Waals surface area contributed by atoms with Gasteiger partial charge in [0, 0.05) is 25.7 Å². The Morgan fingerprint density at radius 3 is 2.57 bits per heavy atom. The van der Waals surface area contributed by atoms with E-state index in [2.05, 4.69) is 10.3 Å². The maximum Gasteiger partial charge on any atom is 0.280 e. The highest BCUT2D eigenvalue weighted by atomic mass is 16.2. The molecule has 0 aliphatic carbocycles. The Bertz CT molecular complexity index is 724. The lowest BCUT2D eigenvalue weighted by Crippen LogP contribution is -2.34. The van der Waals surface area contributed by atoms with E-state index in [1.54, 1.807) is 12.1 Å². The van der Waals surface area contributed by atoms with Gasteiger partial charge in [-0.05, 0) is 17.7 Å². The van der Waals surface area contributed by atoms with Gasteiger partial charge in [0.2, 0.25) is 5.91 Å². The zero-order valence-electron chi connectivity index (χ0n) is 12.4. The quantitative estimate of drug-likeness (QED) is 0.846. The number of amides is 3. The highest BCUT2D eigenvalue weighted by Crippen LogP contribution is 2.20. The number of hydrogen-bond donors (Lipinski definition) is 1. The number of imide groups is 1. The number of pyridine rings is 1. The van der Waals surface area contributed by atoms with Crippen molar-refractivity contribution in [2.75, 3.05) is 6.54 Å². The monoisotopic (exact) mass is 309 g/mol. The Labute approximate surface area is 133 Å². The van der Waals surface area contributed by atoms with Gasteiger partial charge in [-0.15, -0.1) is 0 Å². The average molecular weight is 309 g/mol. The fraction of sp³-hybridized carbons (Fsp3) is 0.176. The van der Waals surface area contributed by atoms with Crippen LogP contribution in [0.5, 0.6) is 0 Å². The van der Waals surface area contributed by atoms with Gasteiger partial charge < -0.3 is 5.32 Å². The fourth-order valence-electron chi connectivity index (χ4n) is 2.42. The van der Waals surface area contributed by atoms with Gasteiger partial charge in [0.05, 0.1) is 5.56 Å². The number of nitrogens with one attached hydrogen (secondary N) is 1. The van der Waals surface area contributed by atoms with Crippen molar-refractivity contribution < 1.29 is 14.4 Å². The van der Waals surface area contributed by atoms with Crippen LogP contribution in [0.25, 0.3) is 0 Å². The highest BCUT2D eigenvalue weighted by Gasteiger charge is 2.36. The first kappa shape index (κ1) is 14.9. The maximum absolute atomic E-state index is 12.1. The molecular formula is C17H15N3O3. The molecule has 0 unspecified atom stereocenters. The van der Waals surface area contributed by atoms with E-state index in [-0.39, 0.29) is 24.6 Å². The Balaban J connectivity index is 1.54. The van der Waals surface area contributed by atoms with E-state index in [0.29, 0.717) is 12.1 Å². The van der Waals surface area contributed by atoms with Crippen molar-refractivity contribution in [2.24, 2.45) is 0 Å². The van der Waals surface area contributed by atoms with Gasteiger partial charge in [0.1, 0.15) is 5.69 Å². The molecule has 0 saturated carbocycles. The molecule has 0 fully saturated rings. The van der Waals surface area contributed by atoms with Crippen LogP contribution in [0.3, 0.4) is 0 Å². The number of rotatable bonds is 5. The van der Waals surface area contributed by atoms with Gasteiger partial charge in [-0.25, -0.2) is 0 Å². The van der Waals surface area contributed by atoms with E-state index < -0.39 is 11.8 Å². The molecule has 0 saturated heterocycles. The lowest BCUT2D eigenvalue weighted by molar-refractivity contribution is -0.121. The zero-order valence-corrected chi connectivity index (χ0v) is 12.4. The highest BCUT2D eigenvalue weighted by molar-refractivity contribution is 6.20. The number of carbonyl (C=O) groups excluding carboxylic acids is 3. The van der Waals surface area contributed by atoms with E-state index in [9.17, 15) is 14.4 Å². The van der Waals surface area contributed by atoms with Crippen molar-refractivity contribution in [3.8, 4) is 0 Å². The molecule has 2 heterocycles. The van der Waals surface area contributed by atoms with Crippen molar-refractivity contribution in [1.29, 1.82) is 0 Å². The van der Waals surface area contributed by atoms with Crippen LogP contribution in [0.15, 0.2) is 48.7 Å². The molecule has 0 bridgehead atoms. The van der Waals surface area contributed by atoms with E-state index in [4.69, 9.17) is 0 Å². The largest absolute Gasteiger partial charge is 0.352 e. The molecule has 2 aromatic rings. The Kier molecular flexibility index (Phi) is 4.14. The summed E-state index contributed by atoms with van der Waals surface area (Å²) in [5.41, 5.74) is 1.44. The Hall–Kier alpha value is -3.02. The predicted molar refractivity (Wildman–Crippen MR) is 82.5 cm³/mol. The lowest BCUT2D eigenvalue weighted by Gasteiger charge is -2.13. The number of hydrogen-bond acceptors (Lipinski definition) is 4. The van der Waals surface area contributed by atoms with Gasteiger partial charge in [-0.3, -0.25) is 24.3 Å². The summed E-state index contributed by atoms with van der Waals surface area (Å²) >= 11 is 0. The smallest absolute Gasteiger partial charge is 0.280 e. The topological polar surface area (TPSA) is 79.4 Å². The Morgan fingerprint density at radius 1 is 1.04 bits per heavy atom. The summed E-state index contributed by atoms with van der Waals surface area (Å²) in [6, 6.07) is 12.7. The summed E-state index contributed by atoms with van der Waals surface area (Å²) in [4.78, 5) is 41.1. The van der Waals surface area contributed by atoms with Crippen LogP contribution in [0, 0.1) is 0 Å². The van der Waals surface area contributed by atoms with E-state index in [1.165, 1.54) is 6.20 Å².